The molecule has 0 bridgehead atoms. The van der Waals surface area contributed by atoms with E-state index in [4.69, 9.17) is 0 Å². The van der Waals surface area contributed by atoms with E-state index < -0.39 is 0 Å². The van der Waals surface area contributed by atoms with Gasteiger partial charge >= 0.3 is 0 Å². The molecule has 1 aromatic heterocycles. The second-order valence-electron chi connectivity index (χ2n) is 7.11. The smallest absolute Gasteiger partial charge is 0.223 e. The van der Waals surface area contributed by atoms with Crippen LogP contribution in [0.5, 0.6) is 0 Å². The number of aryl methyl sites for hydroxylation is 1. The van der Waals surface area contributed by atoms with Crippen LogP contribution >= 0.6 is 0 Å². The van der Waals surface area contributed by atoms with Crippen LogP contribution in [0.4, 0.5) is 0 Å². The SMILES string of the molecule is O=C(C/C=C/C=C(c1ccccc1)c1ccccc1)NCCCCc1cccnc1. The van der Waals surface area contributed by atoms with Gasteiger partial charge in [-0.25, -0.2) is 0 Å². The lowest BCUT2D eigenvalue weighted by molar-refractivity contribution is -0.120. The first-order valence-corrected chi connectivity index (χ1v) is 10.5. The Kier molecular flexibility index (Phi) is 8.63. The lowest BCUT2D eigenvalue weighted by atomic mass is 9.97. The predicted octanol–water partition coefficient (Wildman–Crippen LogP) is 5.60. The predicted molar refractivity (Wildman–Crippen MR) is 124 cm³/mol. The lowest BCUT2D eigenvalue weighted by Crippen LogP contribution is -2.23. The molecule has 0 saturated carbocycles. The van der Waals surface area contributed by atoms with Crippen molar-refractivity contribution in [2.75, 3.05) is 6.54 Å². The highest BCUT2D eigenvalue weighted by atomic mass is 16.1. The highest BCUT2D eigenvalue weighted by Gasteiger charge is 2.03. The minimum atomic E-state index is 0.0574. The first-order chi connectivity index (χ1) is 14.8. The summed E-state index contributed by atoms with van der Waals surface area (Å²) in [5.74, 6) is 0.0574. The van der Waals surface area contributed by atoms with Gasteiger partial charge in [0.1, 0.15) is 0 Å². The van der Waals surface area contributed by atoms with Crippen LogP contribution in [0, 0.1) is 0 Å². The monoisotopic (exact) mass is 396 g/mol. The van der Waals surface area contributed by atoms with Gasteiger partial charge < -0.3 is 5.32 Å². The molecule has 0 radical (unpaired) electrons. The van der Waals surface area contributed by atoms with Crippen molar-refractivity contribution in [3.63, 3.8) is 0 Å². The third-order valence-corrected chi connectivity index (χ3v) is 4.81. The molecule has 1 heterocycles. The van der Waals surface area contributed by atoms with Crippen molar-refractivity contribution in [1.29, 1.82) is 0 Å². The number of nitrogens with zero attached hydrogens (tertiary/aromatic N) is 1. The summed E-state index contributed by atoms with van der Waals surface area (Å²) in [6.07, 6.45) is 13.0. The summed E-state index contributed by atoms with van der Waals surface area (Å²) in [4.78, 5) is 16.2. The Bertz CT molecular complexity index is 906. The van der Waals surface area contributed by atoms with Gasteiger partial charge in [-0.1, -0.05) is 85.0 Å². The summed E-state index contributed by atoms with van der Waals surface area (Å²) in [6, 6.07) is 24.6. The van der Waals surface area contributed by atoms with Crippen molar-refractivity contribution >= 4 is 11.5 Å². The van der Waals surface area contributed by atoms with E-state index in [2.05, 4.69) is 46.7 Å². The fourth-order valence-corrected chi connectivity index (χ4v) is 3.23. The van der Waals surface area contributed by atoms with Crippen molar-refractivity contribution in [3.8, 4) is 0 Å². The molecule has 2 aromatic carbocycles. The molecule has 1 N–H and O–H groups in total. The summed E-state index contributed by atoms with van der Waals surface area (Å²) in [5.41, 5.74) is 4.70. The summed E-state index contributed by atoms with van der Waals surface area (Å²) < 4.78 is 0. The molecule has 30 heavy (non-hydrogen) atoms. The maximum Gasteiger partial charge on any atom is 0.223 e. The van der Waals surface area contributed by atoms with Gasteiger partial charge in [-0.05, 0) is 47.6 Å². The largest absolute Gasteiger partial charge is 0.356 e. The zero-order chi connectivity index (χ0) is 20.9. The van der Waals surface area contributed by atoms with Crippen LogP contribution in [-0.4, -0.2) is 17.4 Å². The number of benzene rings is 2. The number of aromatic nitrogens is 1. The summed E-state index contributed by atoms with van der Waals surface area (Å²) in [5, 5.41) is 2.99. The van der Waals surface area contributed by atoms with Crippen molar-refractivity contribution in [2.45, 2.75) is 25.7 Å². The number of pyridine rings is 1. The van der Waals surface area contributed by atoms with Crippen LogP contribution in [0.1, 0.15) is 36.0 Å². The fraction of sp³-hybridized carbons (Fsp3) is 0.185. The maximum atomic E-state index is 12.1. The number of carbonyl (C=O) groups excluding carboxylic acids is 1. The molecule has 0 aliphatic carbocycles. The number of nitrogens with one attached hydrogen (secondary N) is 1. The molecule has 0 aliphatic rings. The molecular formula is C27H28N2O. The number of unbranched alkanes of at least 4 members (excludes halogenated alkanes) is 1. The van der Waals surface area contributed by atoms with Gasteiger partial charge in [0, 0.05) is 25.4 Å². The molecule has 152 valence electrons. The van der Waals surface area contributed by atoms with E-state index in [1.54, 1.807) is 6.20 Å². The average molecular weight is 397 g/mol. The molecule has 1 amide bonds. The van der Waals surface area contributed by atoms with Crippen molar-refractivity contribution < 1.29 is 4.79 Å². The number of allylic oxidation sites excluding steroid dienone is 2. The molecule has 3 nitrogen and oxygen atoms in total. The molecule has 0 aliphatic heterocycles. The first-order valence-electron chi connectivity index (χ1n) is 10.5. The first kappa shape index (κ1) is 21.3. The molecule has 3 heteroatoms. The Morgan fingerprint density at radius 2 is 1.57 bits per heavy atom. The average Bonchev–Trinajstić information content (AvgIpc) is 2.81. The van der Waals surface area contributed by atoms with Crippen molar-refractivity contribution in [1.82, 2.24) is 10.3 Å². The van der Waals surface area contributed by atoms with E-state index in [-0.39, 0.29) is 5.91 Å². The topological polar surface area (TPSA) is 42.0 Å². The Hall–Kier alpha value is -3.46. The minimum absolute atomic E-state index is 0.0574. The van der Waals surface area contributed by atoms with Crippen molar-refractivity contribution in [2.24, 2.45) is 0 Å². The van der Waals surface area contributed by atoms with Crippen LogP contribution < -0.4 is 5.32 Å². The van der Waals surface area contributed by atoms with E-state index >= 15 is 0 Å². The maximum absolute atomic E-state index is 12.1. The van der Waals surface area contributed by atoms with Gasteiger partial charge in [-0.15, -0.1) is 0 Å². The summed E-state index contributed by atoms with van der Waals surface area (Å²) >= 11 is 0. The summed E-state index contributed by atoms with van der Waals surface area (Å²) in [6.45, 7) is 0.710. The Labute approximate surface area is 179 Å². The van der Waals surface area contributed by atoms with Crippen molar-refractivity contribution in [3.05, 3.63) is 120 Å². The Morgan fingerprint density at radius 3 is 2.20 bits per heavy atom. The summed E-state index contributed by atoms with van der Waals surface area (Å²) in [7, 11) is 0. The van der Waals surface area contributed by atoms with E-state index in [1.807, 2.05) is 60.8 Å². The molecule has 0 saturated heterocycles. The zero-order valence-corrected chi connectivity index (χ0v) is 17.2. The minimum Gasteiger partial charge on any atom is -0.356 e. The van der Waals surface area contributed by atoms with Gasteiger partial charge in [0.2, 0.25) is 5.91 Å². The van der Waals surface area contributed by atoms with E-state index in [0.717, 1.165) is 36.0 Å². The Balaban J connectivity index is 1.45. The number of hydrogen-bond donors (Lipinski definition) is 1. The third-order valence-electron chi connectivity index (χ3n) is 4.81. The molecule has 3 aromatic rings. The normalized spacial score (nSPS) is 10.7. The highest BCUT2D eigenvalue weighted by molar-refractivity contribution is 5.81. The van der Waals surface area contributed by atoms with Crippen LogP contribution in [0.3, 0.4) is 0 Å². The molecular weight excluding hydrogens is 368 g/mol. The molecule has 0 unspecified atom stereocenters. The number of carbonyl (C=O) groups is 1. The van der Waals surface area contributed by atoms with Gasteiger partial charge in [0.25, 0.3) is 0 Å². The van der Waals surface area contributed by atoms with Gasteiger partial charge in [0.05, 0.1) is 0 Å². The zero-order valence-electron chi connectivity index (χ0n) is 17.2. The van der Waals surface area contributed by atoms with Crippen LogP contribution in [-0.2, 0) is 11.2 Å². The molecule has 0 atom stereocenters. The number of hydrogen-bond acceptors (Lipinski definition) is 2. The third kappa shape index (κ3) is 7.17. The highest BCUT2D eigenvalue weighted by Crippen LogP contribution is 2.23. The number of amides is 1. The van der Waals surface area contributed by atoms with Gasteiger partial charge in [-0.2, -0.15) is 0 Å². The van der Waals surface area contributed by atoms with Gasteiger partial charge in [0.15, 0.2) is 0 Å². The fourth-order valence-electron chi connectivity index (χ4n) is 3.23. The van der Waals surface area contributed by atoms with E-state index in [0.29, 0.717) is 13.0 Å². The molecule has 0 fully saturated rings. The molecule has 3 rings (SSSR count). The Morgan fingerprint density at radius 1 is 0.867 bits per heavy atom. The number of rotatable bonds is 10. The lowest BCUT2D eigenvalue weighted by Gasteiger charge is -2.07. The molecule has 0 spiro atoms. The second-order valence-corrected chi connectivity index (χ2v) is 7.11. The van der Waals surface area contributed by atoms with Gasteiger partial charge in [-0.3, -0.25) is 9.78 Å². The van der Waals surface area contributed by atoms with Crippen LogP contribution in [0.15, 0.2) is 103 Å². The van der Waals surface area contributed by atoms with E-state index in [9.17, 15) is 4.79 Å². The van der Waals surface area contributed by atoms with Crippen LogP contribution in [0.25, 0.3) is 5.57 Å². The van der Waals surface area contributed by atoms with E-state index in [1.165, 1.54) is 5.56 Å². The quantitative estimate of drug-likeness (QED) is 0.358. The second kappa shape index (κ2) is 12.2. The van der Waals surface area contributed by atoms with Crippen LogP contribution in [0.2, 0.25) is 0 Å². The standard InChI is InChI=1S/C27H28N2O/c30-27(29-21-10-9-12-23-13-11-20-28-22-23)19-8-7-18-26(24-14-3-1-4-15-24)25-16-5-2-6-17-25/h1-8,11,13-18,20,22H,9-10,12,19,21H2,(H,29,30)/b8-7+.